The molecule has 6 heteroatoms. The topological polar surface area (TPSA) is 45.1 Å². The van der Waals surface area contributed by atoms with E-state index in [9.17, 15) is 9.90 Å². The van der Waals surface area contributed by atoms with E-state index in [2.05, 4.69) is 0 Å². The van der Waals surface area contributed by atoms with Gasteiger partial charge in [0, 0.05) is 30.0 Å². The van der Waals surface area contributed by atoms with Gasteiger partial charge >= 0.3 is 22.4 Å². The number of thiazole rings is 1. The van der Waals surface area contributed by atoms with Gasteiger partial charge in [-0.3, -0.25) is 0 Å². The Labute approximate surface area is 101 Å². The third-order valence-corrected chi connectivity index (χ3v) is 2.91. The van der Waals surface area contributed by atoms with Crippen LogP contribution in [-0.2, 0) is 33.7 Å². The number of carboxylic acid groups (broad SMARTS) is 1. The van der Waals surface area contributed by atoms with Crippen LogP contribution in [0.25, 0.3) is 0 Å². The van der Waals surface area contributed by atoms with E-state index in [4.69, 9.17) is 12.2 Å². The van der Waals surface area contributed by atoms with Crippen LogP contribution in [0.5, 0.6) is 0 Å². The molecule has 13 heavy (non-hydrogen) atoms. The molecule has 0 atom stereocenters. The van der Waals surface area contributed by atoms with E-state index in [1.165, 1.54) is 11.3 Å². The normalized spacial score (nSPS) is 9.31. The minimum absolute atomic E-state index is 0. The number of aliphatic carboxylic acids is 1. The third-order valence-electron chi connectivity index (χ3n) is 1.52. The van der Waals surface area contributed by atoms with Crippen molar-refractivity contribution in [1.82, 2.24) is 4.57 Å². The van der Waals surface area contributed by atoms with E-state index >= 15 is 0 Å². The van der Waals surface area contributed by atoms with Gasteiger partial charge in [0.1, 0.15) is 0 Å². The zero-order chi connectivity index (χ0) is 9.14. The fourth-order valence-corrected chi connectivity index (χ4v) is 2.02. The van der Waals surface area contributed by atoms with Crippen LogP contribution in [0.3, 0.4) is 0 Å². The zero-order valence-electron chi connectivity index (χ0n) is 6.87. The van der Waals surface area contributed by atoms with Gasteiger partial charge < -0.3 is 14.5 Å². The van der Waals surface area contributed by atoms with Crippen molar-refractivity contribution in [3.63, 3.8) is 0 Å². The van der Waals surface area contributed by atoms with Crippen LogP contribution in [0.15, 0.2) is 5.38 Å². The Kier molecular flexibility index (Phi) is 5.75. The number of nitrogens with zero attached hydrogens (tertiary/aromatic N) is 1. The first kappa shape index (κ1) is 13.1. The Morgan fingerprint density at radius 2 is 2.38 bits per heavy atom. The van der Waals surface area contributed by atoms with Crippen molar-refractivity contribution in [3.8, 4) is 0 Å². The molecule has 0 unspecified atom stereocenters. The summed E-state index contributed by atoms with van der Waals surface area (Å²) in [6.45, 7) is 2.32. The summed E-state index contributed by atoms with van der Waals surface area (Å²) in [5.41, 5.74) is 1.01. The number of rotatable bonds is 3. The number of carbonyl (C=O) groups is 1. The molecule has 0 aliphatic rings. The van der Waals surface area contributed by atoms with Gasteiger partial charge in [0.15, 0.2) is 3.95 Å². The monoisotopic (exact) mass is 309 g/mol. The molecule has 1 heterocycles. The Bertz CT molecular complexity index is 345. The number of hydrogen-bond donors (Lipinski definition) is 0. The molecular weight excluding hydrogens is 302 g/mol. The molecule has 0 fully saturated rings. The van der Waals surface area contributed by atoms with E-state index in [1.807, 2.05) is 12.3 Å². The Hall–Kier alpha value is 0.0603. The van der Waals surface area contributed by atoms with Crippen LogP contribution in [0.2, 0.25) is 0 Å². The summed E-state index contributed by atoms with van der Waals surface area (Å²) in [4.78, 5) is 10.2. The Balaban J connectivity index is 0.00000144. The molecule has 0 aliphatic heterocycles. The second kappa shape index (κ2) is 5.72. The van der Waals surface area contributed by atoms with Crippen LogP contribution in [-0.4, -0.2) is 10.5 Å². The number of hydrogen-bond acceptors (Lipinski definition) is 4. The minimum Gasteiger partial charge on any atom is -0.550 e. The smallest absolute Gasteiger partial charge is 0.550 e. The fourth-order valence-electron chi connectivity index (χ4n) is 0.878. The summed E-state index contributed by atoms with van der Waals surface area (Å²) in [6, 6.07) is 0. The summed E-state index contributed by atoms with van der Waals surface area (Å²) in [5, 5.41) is 12.1. The average Bonchev–Trinajstić information content (AvgIpc) is 2.28. The second-order valence-electron chi connectivity index (χ2n) is 2.42. The van der Waals surface area contributed by atoms with Gasteiger partial charge in [-0.1, -0.05) is 0 Å². The molecule has 0 saturated heterocycles. The molecule has 0 N–H and O–H groups in total. The molecule has 1 aromatic rings. The van der Waals surface area contributed by atoms with Crippen molar-refractivity contribution in [1.29, 1.82) is 0 Å². The van der Waals surface area contributed by atoms with Crippen LogP contribution < -0.4 is 5.11 Å². The number of aryl methyl sites for hydroxylation is 1. The van der Waals surface area contributed by atoms with Crippen LogP contribution >= 0.6 is 23.6 Å². The maximum absolute atomic E-state index is 10.2. The first-order valence-corrected chi connectivity index (χ1v) is 4.75. The summed E-state index contributed by atoms with van der Waals surface area (Å²) in [7, 11) is 0. The van der Waals surface area contributed by atoms with Gasteiger partial charge in [0.25, 0.3) is 0 Å². The maximum atomic E-state index is 10.2. The summed E-state index contributed by atoms with van der Waals surface area (Å²) >= 11 is 6.44. The van der Waals surface area contributed by atoms with Gasteiger partial charge in [0.2, 0.25) is 0 Å². The van der Waals surface area contributed by atoms with Gasteiger partial charge in [-0.05, 0) is 19.1 Å². The molecular formula is C7H8AgNO2S2. The van der Waals surface area contributed by atoms with Gasteiger partial charge in [-0.25, -0.2) is 0 Å². The molecule has 3 nitrogen and oxygen atoms in total. The van der Waals surface area contributed by atoms with Crippen molar-refractivity contribution in [3.05, 3.63) is 15.0 Å². The Morgan fingerprint density at radius 1 is 1.77 bits per heavy atom. The van der Waals surface area contributed by atoms with Crippen LogP contribution in [0.1, 0.15) is 12.1 Å². The minimum atomic E-state index is -1.04. The van der Waals surface area contributed by atoms with Gasteiger partial charge in [-0.15, -0.1) is 11.3 Å². The summed E-state index contributed by atoms with van der Waals surface area (Å²) in [6.07, 6.45) is 0.0197. The molecule has 76 valence electrons. The van der Waals surface area contributed by atoms with Crippen molar-refractivity contribution in [2.45, 2.75) is 19.9 Å². The molecule has 1 rings (SSSR count). The average molecular weight is 310 g/mol. The zero-order valence-corrected chi connectivity index (χ0v) is 9.99. The van der Waals surface area contributed by atoms with E-state index in [0.717, 1.165) is 5.69 Å². The molecule has 0 aliphatic carbocycles. The van der Waals surface area contributed by atoms with E-state index in [1.54, 1.807) is 4.57 Å². The molecule has 0 radical (unpaired) electrons. The van der Waals surface area contributed by atoms with Crippen molar-refractivity contribution < 1.29 is 32.3 Å². The summed E-state index contributed by atoms with van der Waals surface area (Å²) in [5.74, 6) is -1.04. The Morgan fingerprint density at radius 3 is 2.77 bits per heavy atom. The van der Waals surface area contributed by atoms with Crippen molar-refractivity contribution >= 4 is 29.5 Å². The standard InChI is InChI=1S/C7H9NO2S2.Ag/c1-5-4-12-7(11)8(5)3-2-6(9)10;/h4H,2-3H2,1H3,(H,9,10);/q;+1/p-1. The van der Waals surface area contributed by atoms with Crippen LogP contribution in [0.4, 0.5) is 0 Å². The summed E-state index contributed by atoms with van der Waals surface area (Å²) < 4.78 is 2.52. The largest absolute Gasteiger partial charge is 1.00 e. The third kappa shape index (κ3) is 3.74. The quantitative estimate of drug-likeness (QED) is 0.611. The number of carbonyl (C=O) groups excluding carboxylic acids is 1. The number of carboxylic acids is 1. The van der Waals surface area contributed by atoms with E-state index in [-0.39, 0.29) is 28.8 Å². The van der Waals surface area contributed by atoms with E-state index < -0.39 is 5.97 Å². The molecule has 0 saturated carbocycles. The van der Waals surface area contributed by atoms with E-state index in [0.29, 0.717) is 10.5 Å². The predicted octanol–water partition coefficient (Wildman–Crippen LogP) is 0.725. The second-order valence-corrected chi connectivity index (χ2v) is 3.92. The first-order valence-electron chi connectivity index (χ1n) is 3.46. The van der Waals surface area contributed by atoms with Crippen LogP contribution in [0, 0.1) is 10.9 Å². The predicted molar refractivity (Wildman–Crippen MR) is 47.5 cm³/mol. The maximum Gasteiger partial charge on any atom is 1.00 e. The SMILES string of the molecule is Cc1csc(=S)n1CCC(=O)[O-].[Ag+]. The molecule has 0 aromatic carbocycles. The molecule has 0 bridgehead atoms. The molecule has 0 amide bonds. The molecule has 1 aromatic heterocycles. The number of aromatic nitrogens is 1. The first-order chi connectivity index (χ1) is 5.61. The molecule has 0 spiro atoms. The fraction of sp³-hybridized carbons (Fsp3) is 0.429. The van der Waals surface area contributed by atoms with Crippen molar-refractivity contribution in [2.75, 3.05) is 0 Å². The van der Waals surface area contributed by atoms with Gasteiger partial charge in [-0.2, -0.15) is 0 Å². The van der Waals surface area contributed by atoms with Gasteiger partial charge in [0.05, 0.1) is 0 Å². The van der Waals surface area contributed by atoms with Crippen molar-refractivity contribution in [2.24, 2.45) is 0 Å².